The van der Waals surface area contributed by atoms with Crippen LogP contribution in [0.2, 0.25) is 0 Å². The minimum Gasteiger partial charge on any atom is -0.206 e. The van der Waals surface area contributed by atoms with E-state index in [4.69, 9.17) is 0 Å². The van der Waals surface area contributed by atoms with Crippen LogP contribution in [0.25, 0.3) is 22.5 Å². The molecular weight excluding hydrogens is 334 g/mol. The monoisotopic (exact) mass is 342 g/mol. The zero-order valence-corrected chi connectivity index (χ0v) is 11.8. The van der Waals surface area contributed by atoms with Crippen molar-refractivity contribution < 1.29 is 26.3 Å². The maximum absolute atomic E-state index is 13.8. The molecule has 8 heteroatoms. The second-order valence-corrected chi connectivity index (χ2v) is 4.91. The van der Waals surface area contributed by atoms with Crippen LogP contribution in [0.4, 0.5) is 26.3 Å². The third-order valence-corrected chi connectivity index (χ3v) is 3.30. The fourth-order valence-corrected chi connectivity index (χ4v) is 2.24. The highest BCUT2D eigenvalue weighted by Crippen LogP contribution is 2.34. The fraction of sp³-hybridized carbons (Fsp3) is 0.0625. The van der Waals surface area contributed by atoms with Gasteiger partial charge in [-0.15, -0.1) is 13.2 Å². The van der Waals surface area contributed by atoms with Crippen LogP contribution in [-0.2, 0) is 6.30 Å². The normalized spacial score (nSPS) is 11.8. The molecule has 3 aromatic rings. The highest BCUT2D eigenvalue weighted by atomic mass is 19.4. The van der Waals surface area contributed by atoms with Crippen LogP contribution >= 0.6 is 0 Å². The molecule has 0 fully saturated rings. The van der Waals surface area contributed by atoms with E-state index in [0.717, 1.165) is 6.07 Å². The number of nitrogens with zero attached hydrogens (tertiary/aromatic N) is 2. The predicted octanol–water partition coefficient (Wildman–Crippen LogP) is 5.11. The van der Waals surface area contributed by atoms with Gasteiger partial charge in [0.25, 0.3) is 0 Å². The highest BCUT2D eigenvalue weighted by molar-refractivity contribution is 5.69. The van der Waals surface area contributed by atoms with Gasteiger partial charge in [-0.05, 0) is 12.1 Å². The predicted molar refractivity (Wildman–Crippen MR) is 74.3 cm³/mol. The van der Waals surface area contributed by atoms with E-state index in [1.807, 2.05) is 0 Å². The van der Waals surface area contributed by atoms with E-state index in [0.29, 0.717) is 6.07 Å². The first-order valence-corrected chi connectivity index (χ1v) is 6.65. The van der Waals surface area contributed by atoms with E-state index in [2.05, 4.69) is 5.10 Å². The number of benzene rings is 2. The zero-order chi connectivity index (χ0) is 17.5. The molecule has 0 N–H and O–H groups in total. The Balaban J connectivity index is 2.22. The van der Waals surface area contributed by atoms with Crippen molar-refractivity contribution in [3.63, 3.8) is 0 Å². The first-order valence-electron chi connectivity index (χ1n) is 6.65. The molecule has 1 heterocycles. The zero-order valence-electron chi connectivity index (χ0n) is 11.8. The lowest BCUT2D eigenvalue weighted by molar-refractivity contribution is -0.210. The summed E-state index contributed by atoms with van der Waals surface area (Å²) in [5, 5.41) is 3.32. The van der Waals surface area contributed by atoms with Gasteiger partial charge in [-0.2, -0.15) is 9.78 Å². The lowest BCUT2D eigenvalue weighted by Crippen LogP contribution is -2.19. The molecule has 124 valence electrons. The Hall–Kier alpha value is -2.77. The van der Waals surface area contributed by atoms with Gasteiger partial charge in [0.1, 0.15) is 5.82 Å². The molecule has 0 saturated carbocycles. The quantitative estimate of drug-likeness (QED) is 0.467. The highest BCUT2D eigenvalue weighted by Gasteiger charge is 2.35. The number of aromatic nitrogens is 2. The molecule has 0 spiro atoms. The van der Waals surface area contributed by atoms with Gasteiger partial charge in [0.2, 0.25) is 0 Å². The van der Waals surface area contributed by atoms with Crippen LogP contribution < -0.4 is 0 Å². The molecule has 0 bridgehead atoms. The molecule has 0 atom stereocenters. The number of rotatable bonds is 2. The van der Waals surface area contributed by atoms with Crippen LogP contribution in [0.1, 0.15) is 0 Å². The van der Waals surface area contributed by atoms with Crippen LogP contribution in [0.15, 0.2) is 48.5 Å². The molecule has 3 rings (SSSR count). The molecule has 24 heavy (non-hydrogen) atoms. The van der Waals surface area contributed by atoms with Gasteiger partial charge in [-0.25, -0.2) is 13.2 Å². The summed E-state index contributed by atoms with van der Waals surface area (Å²) < 4.78 is 79.4. The molecule has 0 radical (unpaired) electrons. The van der Waals surface area contributed by atoms with E-state index in [9.17, 15) is 26.3 Å². The Morgan fingerprint density at radius 3 is 2.04 bits per heavy atom. The maximum Gasteiger partial charge on any atom is 0.505 e. The van der Waals surface area contributed by atoms with E-state index in [-0.39, 0.29) is 22.0 Å². The Kier molecular flexibility index (Phi) is 3.82. The maximum atomic E-state index is 13.8. The Morgan fingerprint density at radius 1 is 0.792 bits per heavy atom. The molecule has 0 aliphatic heterocycles. The van der Waals surface area contributed by atoms with E-state index in [1.165, 1.54) is 24.3 Å². The Labute approximate surface area is 132 Å². The standard InChI is InChI=1S/C16H8F6N2/c17-11-7-13(19)12(18)6-10(11)14-8-15(9-4-2-1-3-5-9)24(23-14)16(20,21)22/h1-8H. The van der Waals surface area contributed by atoms with Crippen molar-refractivity contribution in [2.45, 2.75) is 6.30 Å². The number of halogens is 6. The summed E-state index contributed by atoms with van der Waals surface area (Å²) in [7, 11) is 0. The van der Waals surface area contributed by atoms with Crippen LogP contribution in [0.3, 0.4) is 0 Å². The lowest BCUT2D eigenvalue weighted by atomic mass is 10.1. The number of alkyl halides is 3. The van der Waals surface area contributed by atoms with Gasteiger partial charge in [0.15, 0.2) is 11.6 Å². The van der Waals surface area contributed by atoms with Crippen molar-refractivity contribution in [3.8, 4) is 22.5 Å². The molecule has 2 nitrogen and oxygen atoms in total. The molecular formula is C16H8F6N2. The molecule has 0 saturated heterocycles. The molecule has 2 aromatic carbocycles. The summed E-state index contributed by atoms with van der Waals surface area (Å²) >= 11 is 0. The van der Waals surface area contributed by atoms with Crippen molar-refractivity contribution in [1.29, 1.82) is 0 Å². The van der Waals surface area contributed by atoms with Crippen LogP contribution in [0, 0.1) is 17.5 Å². The molecule has 1 aromatic heterocycles. The SMILES string of the molecule is Fc1cc(F)c(-c2cc(-c3ccccc3)n(C(F)(F)F)n2)cc1F. The molecule has 0 unspecified atom stereocenters. The Bertz CT molecular complexity index is 884. The average Bonchev–Trinajstić information content (AvgIpc) is 2.97. The van der Waals surface area contributed by atoms with Crippen molar-refractivity contribution >= 4 is 0 Å². The van der Waals surface area contributed by atoms with Crippen molar-refractivity contribution in [3.05, 3.63) is 66.0 Å². The molecule has 0 amide bonds. The second kappa shape index (κ2) is 5.70. The molecule has 0 aliphatic rings. The van der Waals surface area contributed by atoms with Gasteiger partial charge in [-0.1, -0.05) is 30.3 Å². The number of hydrogen-bond donors (Lipinski definition) is 0. The van der Waals surface area contributed by atoms with E-state index < -0.39 is 35.0 Å². The summed E-state index contributed by atoms with van der Waals surface area (Å²) in [6, 6.07) is 9.23. The van der Waals surface area contributed by atoms with Gasteiger partial charge in [0, 0.05) is 17.2 Å². The fourth-order valence-electron chi connectivity index (χ4n) is 2.24. The summed E-state index contributed by atoms with van der Waals surface area (Å²) in [6.07, 6.45) is -4.86. The molecule has 0 aliphatic carbocycles. The first-order chi connectivity index (χ1) is 11.3. The van der Waals surface area contributed by atoms with E-state index in [1.54, 1.807) is 6.07 Å². The van der Waals surface area contributed by atoms with Gasteiger partial charge in [-0.3, -0.25) is 0 Å². The topological polar surface area (TPSA) is 17.8 Å². The average molecular weight is 342 g/mol. The summed E-state index contributed by atoms with van der Waals surface area (Å²) in [4.78, 5) is 0. The van der Waals surface area contributed by atoms with Crippen molar-refractivity contribution in [2.24, 2.45) is 0 Å². The van der Waals surface area contributed by atoms with Gasteiger partial charge >= 0.3 is 6.30 Å². The largest absolute Gasteiger partial charge is 0.505 e. The summed E-state index contributed by atoms with van der Waals surface area (Å²) in [6.45, 7) is 0. The lowest BCUT2D eigenvalue weighted by Gasteiger charge is -2.10. The minimum absolute atomic E-state index is 0.191. The third kappa shape index (κ3) is 2.86. The number of hydrogen-bond acceptors (Lipinski definition) is 1. The van der Waals surface area contributed by atoms with Crippen molar-refractivity contribution in [1.82, 2.24) is 9.78 Å². The first kappa shape index (κ1) is 16.1. The third-order valence-electron chi connectivity index (χ3n) is 3.30. The smallest absolute Gasteiger partial charge is 0.206 e. The van der Waals surface area contributed by atoms with Crippen LogP contribution in [0.5, 0.6) is 0 Å². The van der Waals surface area contributed by atoms with Gasteiger partial charge in [0.05, 0.1) is 11.4 Å². The van der Waals surface area contributed by atoms with Gasteiger partial charge < -0.3 is 0 Å². The van der Waals surface area contributed by atoms with Crippen molar-refractivity contribution in [2.75, 3.05) is 0 Å². The van der Waals surface area contributed by atoms with E-state index >= 15 is 0 Å². The Morgan fingerprint density at radius 2 is 1.42 bits per heavy atom. The minimum atomic E-state index is -4.86. The van der Waals surface area contributed by atoms with Crippen LogP contribution in [-0.4, -0.2) is 9.78 Å². The summed E-state index contributed by atoms with van der Waals surface area (Å²) in [5.41, 5.74) is -1.17. The second-order valence-electron chi connectivity index (χ2n) is 4.91. The summed E-state index contributed by atoms with van der Waals surface area (Å²) in [5.74, 6) is -4.02.